The molecule has 0 saturated heterocycles. The van der Waals surface area contributed by atoms with Gasteiger partial charge in [-0.1, -0.05) is 12.1 Å². The molecule has 0 unspecified atom stereocenters. The minimum Gasteiger partial charge on any atom is -0.480 e. The van der Waals surface area contributed by atoms with Crippen LogP contribution >= 0.6 is 0 Å². The van der Waals surface area contributed by atoms with Crippen molar-refractivity contribution >= 4 is 11.7 Å². The molecule has 0 radical (unpaired) electrons. The third kappa shape index (κ3) is 3.99. The highest BCUT2D eigenvalue weighted by Gasteiger charge is 2.06. The minimum absolute atomic E-state index is 0.167. The molecular formula is C14H14N2O3. The van der Waals surface area contributed by atoms with Gasteiger partial charge in [-0.15, -0.1) is 0 Å². The SMILES string of the molecule is Nc1ccccc1OCC(=O)OCc1ccncc1. The van der Waals surface area contributed by atoms with Gasteiger partial charge in [-0.3, -0.25) is 4.98 Å². The van der Waals surface area contributed by atoms with Crippen molar-refractivity contribution in [1.29, 1.82) is 0 Å². The van der Waals surface area contributed by atoms with Crippen LogP contribution in [0.3, 0.4) is 0 Å². The third-order valence-electron chi connectivity index (χ3n) is 2.41. The number of pyridine rings is 1. The first-order valence-electron chi connectivity index (χ1n) is 5.77. The molecule has 1 heterocycles. The molecule has 0 amide bonds. The second-order valence-electron chi connectivity index (χ2n) is 3.84. The second kappa shape index (κ2) is 6.39. The largest absolute Gasteiger partial charge is 0.480 e. The van der Waals surface area contributed by atoms with Crippen molar-refractivity contribution in [1.82, 2.24) is 4.98 Å². The monoisotopic (exact) mass is 258 g/mol. The molecular weight excluding hydrogens is 244 g/mol. The highest BCUT2D eigenvalue weighted by molar-refractivity contribution is 5.71. The lowest BCUT2D eigenvalue weighted by Gasteiger charge is -2.08. The standard InChI is InChI=1S/C14H14N2O3/c15-12-3-1-2-4-13(12)18-10-14(17)19-9-11-5-7-16-8-6-11/h1-8H,9-10,15H2. The fraction of sp³-hybridized carbons (Fsp3) is 0.143. The fourth-order valence-corrected chi connectivity index (χ4v) is 1.43. The van der Waals surface area contributed by atoms with Crippen molar-refractivity contribution in [2.45, 2.75) is 6.61 Å². The summed E-state index contributed by atoms with van der Waals surface area (Å²) >= 11 is 0. The topological polar surface area (TPSA) is 74.4 Å². The van der Waals surface area contributed by atoms with Gasteiger partial charge in [-0.25, -0.2) is 4.79 Å². The van der Waals surface area contributed by atoms with Crippen LogP contribution in [0.15, 0.2) is 48.8 Å². The summed E-state index contributed by atoms with van der Waals surface area (Å²) in [7, 11) is 0. The van der Waals surface area contributed by atoms with Crippen LogP contribution < -0.4 is 10.5 Å². The molecule has 0 saturated carbocycles. The van der Waals surface area contributed by atoms with E-state index in [0.29, 0.717) is 11.4 Å². The molecule has 2 aromatic rings. The molecule has 0 aliphatic rings. The van der Waals surface area contributed by atoms with Gasteiger partial charge in [0.25, 0.3) is 0 Å². The number of nitrogen functional groups attached to an aromatic ring is 1. The van der Waals surface area contributed by atoms with E-state index in [4.69, 9.17) is 15.2 Å². The van der Waals surface area contributed by atoms with Crippen molar-refractivity contribution in [3.63, 3.8) is 0 Å². The maximum Gasteiger partial charge on any atom is 0.344 e. The van der Waals surface area contributed by atoms with Crippen molar-refractivity contribution < 1.29 is 14.3 Å². The summed E-state index contributed by atoms with van der Waals surface area (Å²) in [5.74, 6) is 0.0310. The maximum atomic E-state index is 11.5. The van der Waals surface area contributed by atoms with Crippen LogP contribution in [0.2, 0.25) is 0 Å². The van der Waals surface area contributed by atoms with E-state index in [1.807, 2.05) is 0 Å². The molecule has 19 heavy (non-hydrogen) atoms. The Hall–Kier alpha value is -2.56. The summed E-state index contributed by atoms with van der Waals surface area (Å²) < 4.78 is 10.3. The number of benzene rings is 1. The summed E-state index contributed by atoms with van der Waals surface area (Å²) in [6.45, 7) is 0.0360. The number of esters is 1. The number of nitrogens with zero attached hydrogens (tertiary/aromatic N) is 1. The molecule has 1 aromatic heterocycles. The van der Waals surface area contributed by atoms with Crippen molar-refractivity contribution in [3.05, 3.63) is 54.4 Å². The van der Waals surface area contributed by atoms with Gasteiger partial charge in [0.2, 0.25) is 0 Å². The smallest absolute Gasteiger partial charge is 0.344 e. The van der Waals surface area contributed by atoms with Crippen molar-refractivity contribution in [3.8, 4) is 5.75 Å². The van der Waals surface area contributed by atoms with Crippen LogP contribution in [-0.4, -0.2) is 17.6 Å². The van der Waals surface area contributed by atoms with E-state index in [1.54, 1.807) is 48.8 Å². The van der Waals surface area contributed by atoms with E-state index < -0.39 is 5.97 Å². The molecule has 0 aliphatic carbocycles. The van der Waals surface area contributed by atoms with Gasteiger partial charge in [0.1, 0.15) is 12.4 Å². The number of ether oxygens (including phenoxy) is 2. The number of hydrogen-bond donors (Lipinski definition) is 1. The van der Waals surface area contributed by atoms with Gasteiger partial charge < -0.3 is 15.2 Å². The Morgan fingerprint density at radius 1 is 1.16 bits per heavy atom. The molecule has 0 bridgehead atoms. The Morgan fingerprint density at radius 2 is 1.89 bits per heavy atom. The maximum absolute atomic E-state index is 11.5. The summed E-state index contributed by atoms with van der Waals surface area (Å²) in [6, 6.07) is 10.5. The average molecular weight is 258 g/mol. The number of anilines is 1. The van der Waals surface area contributed by atoms with Crippen molar-refractivity contribution in [2.24, 2.45) is 0 Å². The highest BCUT2D eigenvalue weighted by Crippen LogP contribution is 2.19. The molecule has 0 spiro atoms. The zero-order chi connectivity index (χ0) is 13.5. The number of nitrogens with two attached hydrogens (primary N) is 1. The first-order valence-corrected chi connectivity index (χ1v) is 5.77. The molecule has 0 fully saturated rings. The Balaban J connectivity index is 1.78. The minimum atomic E-state index is -0.444. The molecule has 5 nitrogen and oxygen atoms in total. The van der Waals surface area contributed by atoms with Gasteiger partial charge in [-0.05, 0) is 29.8 Å². The summed E-state index contributed by atoms with van der Waals surface area (Å²) in [5, 5.41) is 0. The van der Waals surface area contributed by atoms with Gasteiger partial charge in [0.05, 0.1) is 5.69 Å². The van der Waals surface area contributed by atoms with Gasteiger partial charge in [-0.2, -0.15) is 0 Å². The fourth-order valence-electron chi connectivity index (χ4n) is 1.43. The van der Waals surface area contributed by atoms with Crippen LogP contribution in [0.1, 0.15) is 5.56 Å². The Morgan fingerprint density at radius 3 is 2.63 bits per heavy atom. The van der Waals surface area contributed by atoms with Gasteiger partial charge in [0.15, 0.2) is 6.61 Å². The molecule has 0 aliphatic heterocycles. The predicted molar refractivity (Wildman–Crippen MR) is 70.4 cm³/mol. The quantitative estimate of drug-likeness (QED) is 0.653. The van der Waals surface area contributed by atoms with Crippen LogP contribution in [0.5, 0.6) is 5.75 Å². The van der Waals surface area contributed by atoms with Gasteiger partial charge in [0, 0.05) is 12.4 Å². The highest BCUT2D eigenvalue weighted by atomic mass is 16.6. The molecule has 0 atom stereocenters. The van der Waals surface area contributed by atoms with E-state index in [0.717, 1.165) is 5.56 Å². The molecule has 2 rings (SSSR count). The number of hydrogen-bond acceptors (Lipinski definition) is 5. The second-order valence-corrected chi connectivity index (χ2v) is 3.84. The first-order chi connectivity index (χ1) is 9.25. The molecule has 2 N–H and O–H groups in total. The molecule has 5 heteroatoms. The Bertz CT molecular complexity index is 543. The lowest BCUT2D eigenvalue weighted by atomic mass is 10.3. The van der Waals surface area contributed by atoms with E-state index in [2.05, 4.69) is 4.98 Å². The summed E-state index contributed by atoms with van der Waals surface area (Å²) in [4.78, 5) is 15.4. The summed E-state index contributed by atoms with van der Waals surface area (Å²) in [6.07, 6.45) is 3.29. The average Bonchev–Trinajstić information content (AvgIpc) is 2.45. The van der Waals surface area contributed by atoms with Crippen LogP contribution in [0, 0.1) is 0 Å². The number of rotatable bonds is 5. The first kappa shape index (κ1) is 12.9. The summed E-state index contributed by atoms with van der Waals surface area (Å²) in [5.41, 5.74) is 7.06. The van der Waals surface area contributed by atoms with E-state index in [9.17, 15) is 4.79 Å². The lowest BCUT2D eigenvalue weighted by Crippen LogP contribution is -2.15. The Kier molecular flexibility index (Phi) is 4.34. The van der Waals surface area contributed by atoms with Crippen molar-refractivity contribution in [2.75, 3.05) is 12.3 Å². The van der Waals surface area contributed by atoms with Crippen LogP contribution in [0.25, 0.3) is 0 Å². The number of aromatic nitrogens is 1. The van der Waals surface area contributed by atoms with E-state index >= 15 is 0 Å². The zero-order valence-corrected chi connectivity index (χ0v) is 10.3. The lowest BCUT2D eigenvalue weighted by molar-refractivity contribution is -0.147. The molecule has 1 aromatic carbocycles. The number of carbonyl (C=O) groups excluding carboxylic acids is 1. The Labute approximate surface area is 111 Å². The van der Waals surface area contributed by atoms with E-state index in [1.165, 1.54) is 0 Å². The zero-order valence-electron chi connectivity index (χ0n) is 10.3. The number of carbonyl (C=O) groups is 1. The van der Waals surface area contributed by atoms with Gasteiger partial charge >= 0.3 is 5.97 Å². The number of para-hydroxylation sites is 2. The van der Waals surface area contributed by atoms with Crippen LogP contribution in [-0.2, 0) is 16.1 Å². The third-order valence-corrected chi connectivity index (χ3v) is 2.41. The molecule has 98 valence electrons. The van der Waals surface area contributed by atoms with E-state index in [-0.39, 0.29) is 13.2 Å². The normalized spacial score (nSPS) is 9.89. The van der Waals surface area contributed by atoms with Crippen LogP contribution in [0.4, 0.5) is 5.69 Å². The predicted octanol–water partition coefficient (Wildman–Crippen LogP) is 1.79.